The lowest BCUT2D eigenvalue weighted by atomic mass is 10.00. The van der Waals surface area contributed by atoms with Crippen LogP contribution in [0.5, 0.6) is 5.75 Å². The van der Waals surface area contributed by atoms with Crippen LogP contribution in [0.2, 0.25) is 5.02 Å². The number of rotatable bonds is 3. The molecule has 5 heteroatoms. The van der Waals surface area contributed by atoms with Gasteiger partial charge in [-0.15, -0.1) is 0 Å². The van der Waals surface area contributed by atoms with E-state index in [-0.39, 0.29) is 0 Å². The summed E-state index contributed by atoms with van der Waals surface area (Å²) in [6, 6.07) is 2.26. The average molecular weight is 297 g/mol. The Bertz CT molecular complexity index is 493. The van der Waals surface area contributed by atoms with Gasteiger partial charge >= 0.3 is 0 Å². The van der Waals surface area contributed by atoms with Gasteiger partial charge in [-0.25, -0.2) is 0 Å². The van der Waals surface area contributed by atoms with E-state index in [0.717, 1.165) is 62.1 Å². The number of benzene rings is 1. The summed E-state index contributed by atoms with van der Waals surface area (Å²) in [5, 5.41) is 4.23. The Morgan fingerprint density at radius 1 is 1.40 bits per heavy atom. The maximum absolute atomic E-state index is 6.61. The number of anilines is 1. The molecule has 1 aromatic carbocycles. The highest BCUT2D eigenvalue weighted by Gasteiger charge is 2.25. The topological polar surface area (TPSA) is 33.7 Å². The Hall–Kier alpha value is -0.970. The van der Waals surface area contributed by atoms with Crippen molar-refractivity contribution >= 4 is 17.3 Å². The lowest BCUT2D eigenvalue weighted by molar-refractivity contribution is 0.201. The van der Waals surface area contributed by atoms with Crippen molar-refractivity contribution in [2.45, 2.75) is 12.8 Å². The molecule has 2 aliphatic heterocycles. The predicted molar refractivity (Wildman–Crippen MR) is 81.3 cm³/mol. The summed E-state index contributed by atoms with van der Waals surface area (Å²) in [6.45, 7) is 5.17. The fraction of sp³-hybridized carbons (Fsp3) is 0.600. The average Bonchev–Trinajstić information content (AvgIpc) is 2.71. The molecular formula is C15H21ClN2O2. The summed E-state index contributed by atoms with van der Waals surface area (Å²) >= 11 is 6.61. The number of nitrogens with zero attached hydrogens (tertiary/aromatic N) is 1. The van der Waals surface area contributed by atoms with E-state index in [0.29, 0.717) is 6.61 Å². The molecule has 0 atom stereocenters. The van der Waals surface area contributed by atoms with Gasteiger partial charge in [0.15, 0.2) is 5.75 Å². The number of hydrogen-bond acceptors (Lipinski definition) is 4. The number of fused-ring (bicyclic) bond motifs is 2. The van der Waals surface area contributed by atoms with Gasteiger partial charge in [0.1, 0.15) is 6.61 Å². The lowest BCUT2D eigenvalue weighted by Crippen LogP contribution is -2.35. The monoisotopic (exact) mass is 296 g/mol. The van der Waals surface area contributed by atoms with Crippen LogP contribution < -0.4 is 15.0 Å². The van der Waals surface area contributed by atoms with E-state index in [1.54, 1.807) is 7.11 Å². The molecule has 20 heavy (non-hydrogen) atoms. The third-order valence-corrected chi connectivity index (χ3v) is 4.43. The van der Waals surface area contributed by atoms with Gasteiger partial charge < -0.3 is 19.7 Å². The van der Waals surface area contributed by atoms with Crippen molar-refractivity contribution in [1.29, 1.82) is 0 Å². The molecule has 1 aromatic rings. The number of halogens is 1. The Kier molecular flexibility index (Phi) is 4.34. The minimum absolute atomic E-state index is 0.688. The van der Waals surface area contributed by atoms with Gasteiger partial charge in [-0.1, -0.05) is 11.6 Å². The zero-order valence-corrected chi connectivity index (χ0v) is 12.6. The molecule has 0 saturated carbocycles. The minimum Gasteiger partial charge on any atom is -0.488 e. The Morgan fingerprint density at radius 3 is 3.10 bits per heavy atom. The van der Waals surface area contributed by atoms with Crippen molar-refractivity contribution in [2.24, 2.45) is 0 Å². The van der Waals surface area contributed by atoms with E-state index in [4.69, 9.17) is 21.1 Å². The van der Waals surface area contributed by atoms with Crippen LogP contribution in [-0.2, 0) is 17.6 Å². The van der Waals surface area contributed by atoms with Gasteiger partial charge in [0, 0.05) is 13.7 Å². The number of methoxy groups -OCH3 is 1. The molecule has 3 rings (SSSR count). The maximum atomic E-state index is 6.61. The van der Waals surface area contributed by atoms with E-state index in [1.165, 1.54) is 11.1 Å². The van der Waals surface area contributed by atoms with Gasteiger partial charge in [0.2, 0.25) is 0 Å². The van der Waals surface area contributed by atoms with Crippen LogP contribution in [0.1, 0.15) is 11.1 Å². The predicted octanol–water partition coefficient (Wildman–Crippen LogP) is 1.87. The first-order valence-corrected chi connectivity index (χ1v) is 7.60. The van der Waals surface area contributed by atoms with Crippen molar-refractivity contribution in [1.82, 2.24) is 5.32 Å². The molecule has 0 radical (unpaired) electrons. The van der Waals surface area contributed by atoms with Gasteiger partial charge in [-0.05, 0) is 43.1 Å². The van der Waals surface area contributed by atoms with E-state index in [1.807, 2.05) is 0 Å². The fourth-order valence-electron chi connectivity index (χ4n) is 2.95. The Balaban J connectivity index is 1.99. The van der Waals surface area contributed by atoms with Crippen LogP contribution in [0.15, 0.2) is 6.07 Å². The zero-order valence-electron chi connectivity index (χ0n) is 11.9. The zero-order chi connectivity index (χ0) is 13.9. The van der Waals surface area contributed by atoms with Crippen molar-refractivity contribution in [3.63, 3.8) is 0 Å². The molecule has 0 spiro atoms. The summed E-state index contributed by atoms with van der Waals surface area (Å²) < 4.78 is 11.0. The first-order valence-electron chi connectivity index (χ1n) is 7.23. The summed E-state index contributed by atoms with van der Waals surface area (Å²) in [5.41, 5.74) is 3.73. The minimum atomic E-state index is 0.688. The SMILES string of the molecule is COCCN1CCOc2c1cc1c(c2Cl)CCNCC1. The standard InChI is InChI=1S/C15H21ClN2O2/c1-19-8-6-18-7-9-20-15-13(18)10-11-2-4-17-5-3-12(11)14(15)16/h10,17H,2-9H2,1H3. The second-order valence-corrected chi connectivity index (χ2v) is 5.63. The molecule has 110 valence electrons. The highest BCUT2D eigenvalue weighted by atomic mass is 35.5. The molecular weight excluding hydrogens is 276 g/mol. The van der Waals surface area contributed by atoms with Crippen molar-refractivity contribution in [3.8, 4) is 5.75 Å². The molecule has 0 amide bonds. The molecule has 0 aliphatic carbocycles. The molecule has 0 bridgehead atoms. The molecule has 0 saturated heterocycles. The summed E-state index contributed by atoms with van der Waals surface area (Å²) in [4.78, 5) is 2.31. The van der Waals surface area contributed by atoms with Crippen LogP contribution in [0, 0.1) is 0 Å². The highest BCUT2D eigenvalue weighted by Crippen LogP contribution is 2.42. The van der Waals surface area contributed by atoms with Crippen LogP contribution >= 0.6 is 11.6 Å². The fourth-order valence-corrected chi connectivity index (χ4v) is 3.31. The van der Waals surface area contributed by atoms with Crippen molar-refractivity contribution in [2.75, 3.05) is 51.4 Å². The first-order chi connectivity index (χ1) is 9.81. The van der Waals surface area contributed by atoms with E-state index in [2.05, 4.69) is 16.3 Å². The molecule has 1 N–H and O–H groups in total. The second-order valence-electron chi connectivity index (χ2n) is 5.25. The second kappa shape index (κ2) is 6.20. The number of ether oxygens (including phenoxy) is 2. The molecule has 0 aromatic heterocycles. The highest BCUT2D eigenvalue weighted by molar-refractivity contribution is 6.33. The third-order valence-electron chi connectivity index (χ3n) is 4.03. The third kappa shape index (κ3) is 2.60. The quantitative estimate of drug-likeness (QED) is 0.923. The van der Waals surface area contributed by atoms with E-state index >= 15 is 0 Å². The van der Waals surface area contributed by atoms with E-state index in [9.17, 15) is 0 Å². The van der Waals surface area contributed by atoms with Crippen LogP contribution in [0.3, 0.4) is 0 Å². The molecule has 0 unspecified atom stereocenters. The Labute approximate surface area is 125 Å². The van der Waals surface area contributed by atoms with Gasteiger partial charge in [0.05, 0.1) is 23.9 Å². The van der Waals surface area contributed by atoms with Crippen molar-refractivity contribution < 1.29 is 9.47 Å². The number of hydrogen-bond donors (Lipinski definition) is 1. The summed E-state index contributed by atoms with van der Waals surface area (Å²) in [6.07, 6.45) is 2.00. The van der Waals surface area contributed by atoms with Crippen LogP contribution in [0.25, 0.3) is 0 Å². The van der Waals surface area contributed by atoms with Gasteiger partial charge in [0.25, 0.3) is 0 Å². The normalized spacial score (nSPS) is 18.0. The molecule has 4 nitrogen and oxygen atoms in total. The maximum Gasteiger partial charge on any atom is 0.161 e. The molecule has 2 aliphatic rings. The first kappa shape index (κ1) is 14.0. The molecule has 2 heterocycles. The largest absolute Gasteiger partial charge is 0.488 e. The summed E-state index contributed by atoms with van der Waals surface area (Å²) in [5.74, 6) is 0.856. The van der Waals surface area contributed by atoms with E-state index < -0.39 is 0 Å². The smallest absolute Gasteiger partial charge is 0.161 e. The van der Waals surface area contributed by atoms with Gasteiger partial charge in [-0.2, -0.15) is 0 Å². The lowest BCUT2D eigenvalue weighted by Gasteiger charge is -2.33. The summed E-state index contributed by atoms with van der Waals surface area (Å²) in [7, 11) is 1.73. The van der Waals surface area contributed by atoms with Crippen LogP contribution in [-0.4, -0.2) is 46.5 Å². The Morgan fingerprint density at radius 2 is 2.25 bits per heavy atom. The van der Waals surface area contributed by atoms with Crippen LogP contribution in [0.4, 0.5) is 5.69 Å². The van der Waals surface area contributed by atoms with Gasteiger partial charge in [-0.3, -0.25) is 0 Å². The number of nitrogens with one attached hydrogen (secondary N) is 1. The molecule has 0 fully saturated rings. The van der Waals surface area contributed by atoms with Crippen molar-refractivity contribution in [3.05, 3.63) is 22.2 Å².